The van der Waals surface area contributed by atoms with Crippen LogP contribution >= 0.6 is 0 Å². The van der Waals surface area contributed by atoms with Gasteiger partial charge in [-0.1, -0.05) is 32.0 Å². The summed E-state index contributed by atoms with van der Waals surface area (Å²) < 4.78 is 6.41. The summed E-state index contributed by atoms with van der Waals surface area (Å²) in [6.07, 6.45) is 1.56. The highest BCUT2D eigenvalue weighted by molar-refractivity contribution is 5.86. The zero-order valence-electron chi connectivity index (χ0n) is 12.4. The molecule has 0 saturated carbocycles. The maximum absolute atomic E-state index is 11.8. The lowest BCUT2D eigenvalue weighted by Gasteiger charge is -2.14. The number of hydrogen-bond donors (Lipinski definition) is 0. The first-order valence-corrected chi connectivity index (χ1v) is 6.91. The first kappa shape index (κ1) is 15.0. The zero-order chi connectivity index (χ0) is 15.4. The monoisotopic (exact) mass is 286 g/mol. The highest BCUT2D eigenvalue weighted by Crippen LogP contribution is 2.21. The van der Waals surface area contributed by atoms with Crippen LogP contribution in [0.3, 0.4) is 0 Å². The van der Waals surface area contributed by atoms with Gasteiger partial charge in [0.15, 0.2) is 0 Å². The predicted octanol–water partition coefficient (Wildman–Crippen LogP) is 2.53. The molecule has 0 atom stereocenters. The fourth-order valence-electron chi connectivity index (χ4n) is 2.07. The van der Waals surface area contributed by atoms with Crippen LogP contribution in [0.4, 0.5) is 0 Å². The van der Waals surface area contributed by atoms with Crippen LogP contribution in [0, 0.1) is 0 Å². The van der Waals surface area contributed by atoms with Gasteiger partial charge in [0.1, 0.15) is 0 Å². The molecule has 1 aromatic heterocycles. The Kier molecular flexibility index (Phi) is 4.52. The van der Waals surface area contributed by atoms with Crippen molar-refractivity contribution in [3.05, 3.63) is 58.0 Å². The molecule has 5 nitrogen and oxygen atoms in total. The average molecular weight is 286 g/mol. The largest absolute Gasteiger partial charge is 0.461 e. The van der Waals surface area contributed by atoms with E-state index in [4.69, 9.17) is 4.74 Å². The molecule has 1 heterocycles. The lowest BCUT2D eigenvalue weighted by molar-refractivity contribution is 0.0515. The molecule has 110 valence electrons. The van der Waals surface area contributed by atoms with Gasteiger partial charge in [0.25, 0.3) is 0 Å². The van der Waals surface area contributed by atoms with Crippen LogP contribution in [0.2, 0.25) is 0 Å². The Morgan fingerprint density at radius 3 is 2.67 bits per heavy atom. The van der Waals surface area contributed by atoms with Crippen LogP contribution < -0.4 is 5.43 Å². The second-order valence-electron chi connectivity index (χ2n) is 4.91. The molecule has 2 rings (SSSR count). The number of ether oxygens (including phenoxy) is 1. The molecule has 1 aromatic carbocycles. The molecule has 21 heavy (non-hydrogen) atoms. The molecule has 0 unspecified atom stereocenters. The Morgan fingerprint density at radius 2 is 2.00 bits per heavy atom. The van der Waals surface area contributed by atoms with Gasteiger partial charge in [0.05, 0.1) is 12.3 Å². The van der Waals surface area contributed by atoms with Gasteiger partial charge in [-0.3, -0.25) is 4.79 Å². The van der Waals surface area contributed by atoms with Crippen LogP contribution in [0.25, 0.3) is 5.69 Å². The fraction of sp³-hybridized carbons (Fsp3) is 0.312. The molecule has 0 radical (unpaired) electrons. The van der Waals surface area contributed by atoms with E-state index in [-0.39, 0.29) is 12.3 Å². The molecule has 0 bridgehead atoms. The maximum atomic E-state index is 11.8. The van der Waals surface area contributed by atoms with E-state index in [2.05, 4.69) is 18.9 Å². The summed E-state index contributed by atoms with van der Waals surface area (Å²) in [5.41, 5.74) is 1.30. The number of carbonyl (C=O) groups excluding carboxylic acids is 1. The molecule has 0 saturated heterocycles. The smallest absolute Gasteiger partial charge is 0.362 e. The average Bonchev–Trinajstić information content (AvgIpc) is 2.48. The van der Waals surface area contributed by atoms with E-state index in [9.17, 15) is 9.59 Å². The second kappa shape index (κ2) is 6.35. The normalized spacial score (nSPS) is 10.7. The van der Waals surface area contributed by atoms with Crippen LogP contribution in [0.5, 0.6) is 0 Å². The van der Waals surface area contributed by atoms with Gasteiger partial charge in [-0.2, -0.15) is 5.10 Å². The minimum absolute atomic E-state index is 0.196. The van der Waals surface area contributed by atoms with Crippen LogP contribution in [0.1, 0.15) is 42.7 Å². The van der Waals surface area contributed by atoms with Crippen LogP contribution in [-0.4, -0.2) is 22.4 Å². The van der Waals surface area contributed by atoms with Crippen LogP contribution in [-0.2, 0) is 4.74 Å². The standard InChI is InChI=1S/C16H18N2O3/c1-4-21-16(20)15-14(19)9-10-18(17-15)13-8-6-5-7-12(13)11(2)3/h5-11H,4H2,1-3H3. The molecule has 0 amide bonds. The molecule has 5 heteroatoms. The Bertz CT molecular complexity index is 705. The first-order valence-electron chi connectivity index (χ1n) is 6.91. The molecule has 0 N–H and O–H groups in total. The number of carbonyl (C=O) groups is 1. The van der Waals surface area contributed by atoms with Crippen molar-refractivity contribution in [3.8, 4) is 5.69 Å². The lowest BCUT2D eigenvalue weighted by Crippen LogP contribution is -2.22. The van der Waals surface area contributed by atoms with Crippen molar-refractivity contribution in [2.45, 2.75) is 26.7 Å². The van der Waals surface area contributed by atoms with Gasteiger partial charge < -0.3 is 4.74 Å². The molecule has 0 fully saturated rings. The third-order valence-corrected chi connectivity index (χ3v) is 3.08. The van der Waals surface area contributed by atoms with Gasteiger partial charge in [-0.05, 0) is 24.5 Å². The van der Waals surface area contributed by atoms with Gasteiger partial charge >= 0.3 is 5.97 Å². The number of esters is 1. The molecule has 0 aliphatic rings. The summed E-state index contributed by atoms with van der Waals surface area (Å²) in [7, 11) is 0. The van der Waals surface area contributed by atoms with E-state index in [1.165, 1.54) is 6.07 Å². The van der Waals surface area contributed by atoms with Crippen molar-refractivity contribution in [2.24, 2.45) is 0 Å². The van der Waals surface area contributed by atoms with Crippen molar-refractivity contribution in [1.82, 2.24) is 9.78 Å². The summed E-state index contributed by atoms with van der Waals surface area (Å²) in [5, 5.41) is 4.13. The molecular formula is C16H18N2O3. The van der Waals surface area contributed by atoms with Gasteiger partial charge in [-0.15, -0.1) is 0 Å². The highest BCUT2D eigenvalue weighted by Gasteiger charge is 2.15. The number of benzene rings is 1. The van der Waals surface area contributed by atoms with E-state index < -0.39 is 11.4 Å². The Hall–Kier alpha value is -2.43. The predicted molar refractivity (Wildman–Crippen MR) is 79.9 cm³/mol. The van der Waals surface area contributed by atoms with Crippen LogP contribution in [0.15, 0.2) is 41.3 Å². The van der Waals surface area contributed by atoms with Crippen molar-refractivity contribution in [2.75, 3.05) is 6.61 Å². The summed E-state index contributed by atoms with van der Waals surface area (Å²) >= 11 is 0. The number of nitrogens with zero attached hydrogens (tertiary/aromatic N) is 2. The lowest BCUT2D eigenvalue weighted by atomic mass is 10.0. The van der Waals surface area contributed by atoms with E-state index in [1.54, 1.807) is 17.8 Å². The van der Waals surface area contributed by atoms with Gasteiger partial charge in [0.2, 0.25) is 11.1 Å². The number of aromatic nitrogens is 2. The summed E-state index contributed by atoms with van der Waals surface area (Å²) in [5.74, 6) is -0.396. The van der Waals surface area contributed by atoms with Crippen molar-refractivity contribution < 1.29 is 9.53 Å². The molecular weight excluding hydrogens is 268 g/mol. The Balaban J connectivity index is 2.54. The fourth-order valence-corrected chi connectivity index (χ4v) is 2.07. The zero-order valence-corrected chi connectivity index (χ0v) is 12.4. The quantitative estimate of drug-likeness (QED) is 0.810. The molecule has 0 spiro atoms. The topological polar surface area (TPSA) is 61.2 Å². The van der Waals surface area contributed by atoms with E-state index in [0.717, 1.165) is 11.3 Å². The second-order valence-corrected chi connectivity index (χ2v) is 4.91. The SMILES string of the molecule is CCOC(=O)c1nn(-c2ccccc2C(C)C)ccc1=O. The van der Waals surface area contributed by atoms with Gasteiger partial charge in [0, 0.05) is 12.3 Å². The minimum Gasteiger partial charge on any atom is -0.461 e. The Labute approximate surface area is 123 Å². The third-order valence-electron chi connectivity index (χ3n) is 3.08. The maximum Gasteiger partial charge on any atom is 0.362 e. The first-order chi connectivity index (χ1) is 10.0. The van der Waals surface area contributed by atoms with E-state index in [1.807, 2.05) is 24.3 Å². The van der Waals surface area contributed by atoms with E-state index in [0.29, 0.717) is 5.92 Å². The summed E-state index contributed by atoms with van der Waals surface area (Å²) in [6, 6.07) is 9.08. The number of para-hydroxylation sites is 1. The minimum atomic E-state index is -0.695. The van der Waals surface area contributed by atoms with Crippen molar-refractivity contribution in [3.63, 3.8) is 0 Å². The van der Waals surface area contributed by atoms with Crippen molar-refractivity contribution >= 4 is 5.97 Å². The number of rotatable bonds is 4. The summed E-state index contributed by atoms with van der Waals surface area (Å²) in [6.45, 7) is 6.05. The highest BCUT2D eigenvalue weighted by atomic mass is 16.5. The molecule has 2 aromatic rings. The van der Waals surface area contributed by atoms with E-state index >= 15 is 0 Å². The summed E-state index contributed by atoms with van der Waals surface area (Å²) in [4.78, 5) is 23.5. The molecule has 0 aliphatic carbocycles. The number of hydrogen-bond acceptors (Lipinski definition) is 4. The Morgan fingerprint density at radius 1 is 1.29 bits per heavy atom. The van der Waals surface area contributed by atoms with Gasteiger partial charge in [-0.25, -0.2) is 9.48 Å². The molecule has 0 aliphatic heterocycles. The third kappa shape index (κ3) is 3.18. The van der Waals surface area contributed by atoms with Crippen molar-refractivity contribution in [1.29, 1.82) is 0 Å².